The third kappa shape index (κ3) is 7.12. The van der Waals surface area contributed by atoms with Gasteiger partial charge in [0.2, 0.25) is 0 Å². The second-order valence-electron chi connectivity index (χ2n) is 6.06. The van der Waals surface area contributed by atoms with Gasteiger partial charge in [0.1, 0.15) is 11.5 Å². The van der Waals surface area contributed by atoms with Gasteiger partial charge < -0.3 is 20.1 Å². The number of ether oxygens (including phenoxy) is 2. The highest BCUT2D eigenvalue weighted by Crippen LogP contribution is 2.29. The van der Waals surface area contributed by atoms with E-state index >= 15 is 0 Å². The van der Waals surface area contributed by atoms with Gasteiger partial charge in [-0.15, -0.1) is 35.3 Å². The van der Waals surface area contributed by atoms with Gasteiger partial charge in [-0.1, -0.05) is 6.92 Å². The Morgan fingerprint density at radius 3 is 2.64 bits per heavy atom. The van der Waals surface area contributed by atoms with Crippen molar-refractivity contribution < 1.29 is 9.47 Å². The topological polar surface area (TPSA) is 67.8 Å². The van der Waals surface area contributed by atoms with Crippen molar-refractivity contribution in [2.75, 3.05) is 27.3 Å². The summed E-state index contributed by atoms with van der Waals surface area (Å²) in [6.45, 7) is 7.77. The molecule has 0 amide bonds. The van der Waals surface area contributed by atoms with Gasteiger partial charge in [0.05, 0.1) is 25.3 Å². The van der Waals surface area contributed by atoms with Gasteiger partial charge in [0.25, 0.3) is 0 Å². The van der Waals surface area contributed by atoms with Crippen molar-refractivity contribution >= 4 is 41.3 Å². The molecule has 28 heavy (non-hydrogen) atoms. The van der Waals surface area contributed by atoms with E-state index in [1.807, 2.05) is 24.4 Å². The Labute approximate surface area is 189 Å². The normalized spacial score (nSPS) is 12.1. The van der Waals surface area contributed by atoms with Gasteiger partial charge >= 0.3 is 0 Å². The smallest absolute Gasteiger partial charge is 0.191 e. The van der Waals surface area contributed by atoms with E-state index in [1.165, 1.54) is 4.88 Å². The van der Waals surface area contributed by atoms with Crippen LogP contribution in [0.5, 0.6) is 11.5 Å². The van der Waals surface area contributed by atoms with Crippen LogP contribution in [0.15, 0.2) is 29.4 Å². The zero-order valence-electron chi connectivity index (χ0n) is 17.2. The monoisotopic (exact) mass is 518 g/mol. The van der Waals surface area contributed by atoms with Crippen molar-refractivity contribution in [2.24, 2.45) is 4.99 Å². The average Bonchev–Trinajstić information content (AvgIpc) is 3.15. The highest BCUT2D eigenvalue weighted by Gasteiger charge is 2.14. The zero-order chi connectivity index (χ0) is 19.6. The van der Waals surface area contributed by atoms with Crippen LogP contribution in [0.25, 0.3) is 0 Å². The van der Waals surface area contributed by atoms with E-state index in [-0.39, 0.29) is 30.0 Å². The molecule has 0 saturated carbocycles. The summed E-state index contributed by atoms with van der Waals surface area (Å²) in [4.78, 5) is 10.5. The summed E-state index contributed by atoms with van der Waals surface area (Å²) in [5.74, 6) is 2.40. The summed E-state index contributed by atoms with van der Waals surface area (Å²) in [5.41, 5.74) is 1.02. The molecule has 2 rings (SSSR count). The van der Waals surface area contributed by atoms with Crippen LogP contribution in [0, 0.1) is 0 Å². The SMILES string of the molecule is CCNC(=NCCc1ncc(CC)s1)NC(C)c1cc(OC)ccc1OC.I. The van der Waals surface area contributed by atoms with Crippen LogP contribution in [0.4, 0.5) is 0 Å². The number of nitrogens with zero attached hydrogens (tertiary/aromatic N) is 2. The van der Waals surface area contributed by atoms with Crippen LogP contribution in [-0.2, 0) is 12.8 Å². The minimum atomic E-state index is 0. The van der Waals surface area contributed by atoms with Crippen LogP contribution in [-0.4, -0.2) is 38.3 Å². The van der Waals surface area contributed by atoms with Crippen LogP contribution < -0.4 is 20.1 Å². The van der Waals surface area contributed by atoms with Gasteiger partial charge in [-0.05, 0) is 38.5 Å². The molecule has 1 heterocycles. The highest BCUT2D eigenvalue weighted by molar-refractivity contribution is 14.0. The minimum Gasteiger partial charge on any atom is -0.497 e. The third-order valence-corrected chi connectivity index (χ3v) is 5.35. The van der Waals surface area contributed by atoms with Crippen molar-refractivity contribution in [3.63, 3.8) is 0 Å². The number of methoxy groups -OCH3 is 2. The molecule has 0 spiro atoms. The Balaban J connectivity index is 0.00000392. The molecule has 1 aromatic carbocycles. The number of halogens is 1. The number of hydrogen-bond donors (Lipinski definition) is 2. The predicted molar refractivity (Wildman–Crippen MR) is 128 cm³/mol. The molecular formula is C20H31IN4O2S. The first-order valence-corrected chi connectivity index (χ1v) is 10.1. The van der Waals surface area contributed by atoms with Crippen molar-refractivity contribution in [3.05, 3.63) is 39.8 Å². The van der Waals surface area contributed by atoms with Gasteiger partial charge in [0, 0.05) is 36.1 Å². The molecule has 0 bridgehead atoms. The number of rotatable bonds is 9. The molecule has 2 N–H and O–H groups in total. The Morgan fingerprint density at radius 2 is 2.04 bits per heavy atom. The molecule has 0 fully saturated rings. The highest BCUT2D eigenvalue weighted by atomic mass is 127. The Hall–Kier alpha value is -1.55. The lowest BCUT2D eigenvalue weighted by Gasteiger charge is -2.20. The van der Waals surface area contributed by atoms with E-state index in [1.54, 1.807) is 25.6 Å². The lowest BCUT2D eigenvalue weighted by atomic mass is 10.1. The Morgan fingerprint density at radius 1 is 1.25 bits per heavy atom. The van der Waals surface area contributed by atoms with Crippen molar-refractivity contribution in [2.45, 2.75) is 39.7 Å². The molecule has 8 heteroatoms. The van der Waals surface area contributed by atoms with Crippen molar-refractivity contribution in [1.29, 1.82) is 0 Å². The molecule has 0 aliphatic carbocycles. The molecule has 156 valence electrons. The second-order valence-corrected chi connectivity index (χ2v) is 7.26. The lowest BCUT2D eigenvalue weighted by molar-refractivity contribution is 0.394. The van der Waals surface area contributed by atoms with E-state index in [9.17, 15) is 0 Å². The lowest BCUT2D eigenvalue weighted by Crippen LogP contribution is -2.39. The summed E-state index contributed by atoms with van der Waals surface area (Å²) in [6, 6.07) is 5.82. The number of nitrogens with one attached hydrogen (secondary N) is 2. The quantitative estimate of drug-likeness (QED) is 0.296. The molecule has 1 unspecified atom stereocenters. The second kappa shape index (κ2) is 12.8. The Kier molecular flexibility index (Phi) is 11.2. The number of thiazole rings is 1. The van der Waals surface area contributed by atoms with Crippen LogP contribution >= 0.6 is 35.3 Å². The first-order chi connectivity index (χ1) is 13.1. The van der Waals surface area contributed by atoms with E-state index in [4.69, 9.17) is 14.5 Å². The zero-order valence-corrected chi connectivity index (χ0v) is 20.4. The first kappa shape index (κ1) is 24.5. The maximum absolute atomic E-state index is 5.50. The summed E-state index contributed by atoms with van der Waals surface area (Å²) in [6.07, 6.45) is 3.84. The number of guanidine groups is 1. The van der Waals surface area contributed by atoms with E-state index in [0.717, 1.165) is 47.4 Å². The van der Waals surface area contributed by atoms with Gasteiger partial charge in [-0.3, -0.25) is 4.99 Å². The van der Waals surface area contributed by atoms with E-state index in [0.29, 0.717) is 6.54 Å². The number of aryl methyl sites for hydroxylation is 1. The first-order valence-electron chi connectivity index (χ1n) is 9.31. The number of aliphatic imine (C=N–C) groups is 1. The molecule has 0 radical (unpaired) electrons. The van der Waals surface area contributed by atoms with Crippen molar-refractivity contribution in [3.8, 4) is 11.5 Å². The summed E-state index contributed by atoms with van der Waals surface area (Å²) < 4.78 is 10.8. The molecule has 0 saturated heterocycles. The fourth-order valence-electron chi connectivity index (χ4n) is 2.67. The van der Waals surface area contributed by atoms with Crippen LogP contribution in [0.2, 0.25) is 0 Å². The largest absolute Gasteiger partial charge is 0.497 e. The molecule has 1 aromatic heterocycles. The van der Waals surface area contributed by atoms with E-state index in [2.05, 4.69) is 36.4 Å². The molecule has 0 aliphatic rings. The van der Waals surface area contributed by atoms with Gasteiger partial charge in [-0.2, -0.15) is 0 Å². The number of benzene rings is 1. The predicted octanol–water partition coefficient (Wildman–Crippen LogP) is 4.20. The maximum atomic E-state index is 5.50. The molecule has 0 aliphatic heterocycles. The standard InChI is InChI=1S/C20H30N4O2S.HI/c1-6-16-13-23-19(27-16)10-11-22-20(21-7-2)24-14(3)17-12-15(25-4)8-9-18(17)26-5;/h8-9,12-14H,6-7,10-11H2,1-5H3,(H2,21,22,24);1H. The molecule has 1 atom stereocenters. The van der Waals surface area contributed by atoms with Gasteiger partial charge in [0.15, 0.2) is 5.96 Å². The van der Waals surface area contributed by atoms with Crippen molar-refractivity contribution in [1.82, 2.24) is 15.6 Å². The molecule has 2 aromatic rings. The third-order valence-electron chi connectivity index (χ3n) is 4.15. The average molecular weight is 518 g/mol. The molecular weight excluding hydrogens is 487 g/mol. The van der Waals surface area contributed by atoms with Crippen LogP contribution in [0.3, 0.4) is 0 Å². The molecule has 6 nitrogen and oxygen atoms in total. The van der Waals surface area contributed by atoms with Crippen LogP contribution in [0.1, 0.15) is 42.3 Å². The minimum absolute atomic E-state index is 0. The number of hydrogen-bond acceptors (Lipinski definition) is 5. The Bertz CT molecular complexity index is 752. The number of aromatic nitrogens is 1. The van der Waals surface area contributed by atoms with E-state index < -0.39 is 0 Å². The fourth-order valence-corrected chi connectivity index (χ4v) is 3.52. The summed E-state index contributed by atoms with van der Waals surface area (Å²) in [7, 11) is 3.34. The summed E-state index contributed by atoms with van der Waals surface area (Å²) in [5, 5.41) is 7.88. The van der Waals surface area contributed by atoms with Gasteiger partial charge in [-0.25, -0.2) is 4.98 Å². The summed E-state index contributed by atoms with van der Waals surface area (Å²) >= 11 is 1.77. The maximum Gasteiger partial charge on any atom is 0.191 e. The fraction of sp³-hybridized carbons (Fsp3) is 0.500.